The highest BCUT2D eigenvalue weighted by molar-refractivity contribution is 9.12. The molecule has 27 heavy (non-hydrogen) atoms. The number of hydrogen-bond donors (Lipinski definition) is 0. The first-order valence-electron chi connectivity index (χ1n) is 9.24. The van der Waals surface area contributed by atoms with Crippen molar-refractivity contribution in [2.24, 2.45) is 29.6 Å². The quantitative estimate of drug-likeness (QED) is 0.360. The van der Waals surface area contributed by atoms with Crippen LogP contribution < -0.4 is 4.90 Å². The molecule has 2 amide bonds. The Kier molecular flexibility index (Phi) is 4.95. The minimum Gasteiger partial charge on any atom is -0.462 e. The van der Waals surface area contributed by atoms with Crippen LogP contribution in [0.15, 0.2) is 24.3 Å². The van der Waals surface area contributed by atoms with Gasteiger partial charge in [-0.25, -0.2) is 4.79 Å². The number of ether oxygens (including phenoxy) is 1. The van der Waals surface area contributed by atoms with E-state index in [1.807, 2.05) is 13.8 Å². The summed E-state index contributed by atoms with van der Waals surface area (Å²) < 4.78 is 5.22. The van der Waals surface area contributed by atoms with Gasteiger partial charge in [0.15, 0.2) is 0 Å². The Balaban J connectivity index is 1.54. The largest absolute Gasteiger partial charge is 0.462 e. The second-order valence-corrected chi connectivity index (χ2v) is 10.2. The van der Waals surface area contributed by atoms with Crippen LogP contribution in [0.1, 0.15) is 30.6 Å². The Labute approximate surface area is 175 Å². The molecule has 1 aromatic carbocycles. The van der Waals surface area contributed by atoms with Gasteiger partial charge in [-0.3, -0.25) is 14.5 Å². The van der Waals surface area contributed by atoms with E-state index in [1.54, 1.807) is 24.3 Å². The van der Waals surface area contributed by atoms with E-state index in [0.29, 0.717) is 17.9 Å². The zero-order chi connectivity index (χ0) is 19.5. The fourth-order valence-corrected chi connectivity index (χ4v) is 6.55. The number of esters is 1. The van der Waals surface area contributed by atoms with Crippen LogP contribution >= 0.6 is 31.9 Å². The smallest absolute Gasteiger partial charge is 0.338 e. The monoisotopic (exact) mass is 497 g/mol. The summed E-state index contributed by atoms with van der Waals surface area (Å²) >= 11 is 7.38. The molecular formula is C20H21Br2NO4. The highest BCUT2D eigenvalue weighted by atomic mass is 79.9. The summed E-state index contributed by atoms with van der Waals surface area (Å²) in [6, 6.07) is 6.54. The van der Waals surface area contributed by atoms with Gasteiger partial charge in [0, 0.05) is 9.65 Å². The highest BCUT2D eigenvalue weighted by Crippen LogP contribution is 2.60. The molecule has 144 valence electrons. The van der Waals surface area contributed by atoms with Crippen LogP contribution in [0, 0.1) is 29.6 Å². The van der Waals surface area contributed by atoms with Crippen molar-refractivity contribution in [1.82, 2.24) is 0 Å². The average molecular weight is 499 g/mol. The number of carbonyl (C=O) groups excluding carboxylic acids is 3. The number of nitrogens with zero attached hydrogens (tertiary/aromatic N) is 1. The van der Waals surface area contributed by atoms with Gasteiger partial charge in [0.05, 0.1) is 29.7 Å². The van der Waals surface area contributed by atoms with Crippen LogP contribution in [-0.2, 0) is 14.3 Å². The molecule has 6 atom stereocenters. The minimum absolute atomic E-state index is 0.114. The normalized spacial score (nSPS) is 34.5. The van der Waals surface area contributed by atoms with Crippen molar-refractivity contribution in [3.8, 4) is 0 Å². The van der Waals surface area contributed by atoms with Crippen molar-refractivity contribution in [2.45, 2.75) is 29.9 Å². The third-order valence-electron chi connectivity index (χ3n) is 5.90. The van der Waals surface area contributed by atoms with Gasteiger partial charge in [-0.15, -0.1) is 0 Å². The van der Waals surface area contributed by atoms with E-state index in [1.165, 1.54) is 4.90 Å². The summed E-state index contributed by atoms with van der Waals surface area (Å²) in [5, 5.41) is 0. The molecule has 3 aliphatic rings. The highest BCUT2D eigenvalue weighted by Gasteiger charge is 2.66. The number of alkyl halides is 2. The summed E-state index contributed by atoms with van der Waals surface area (Å²) in [7, 11) is 0. The fraction of sp³-hybridized carbons (Fsp3) is 0.550. The number of carbonyl (C=O) groups is 3. The van der Waals surface area contributed by atoms with Crippen LogP contribution in [0.3, 0.4) is 0 Å². The maximum atomic E-state index is 13.0. The Morgan fingerprint density at radius 2 is 1.59 bits per heavy atom. The molecule has 2 saturated carbocycles. The number of anilines is 1. The van der Waals surface area contributed by atoms with Gasteiger partial charge in [-0.05, 0) is 48.4 Å². The number of fused-ring (bicyclic) bond motifs is 5. The van der Waals surface area contributed by atoms with Crippen molar-refractivity contribution in [1.29, 1.82) is 0 Å². The molecule has 1 saturated heterocycles. The van der Waals surface area contributed by atoms with Crippen molar-refractivity contribution < 1.29 is 19.1 Å². The summed E-state index contributed by atoms with van der Waals surface area (Å²) in [6.45, 7) is 4.30. The molecule has 5 nitrogen and oxygen atoms in total. The number of halogens is 2. The second kappa shape index (κ2) is 6.99. The molecular weight excluding hydrogens is 478 g/mol. The van der Waals surface area contributed by atoms with Gasteiger partial charge in [0.25, 0.3) is 0 Å². The van der Waals surface area contributed by atoms with E-state index in [-0.39, 0.29) is 51.1 Å². The fourth-order valence-electron chi connectivity index (χ4n) is 4.68. The van der Waals surface area contributed by atoms with Crippen LogP contribution in [-0.4, -0.2) is 34.0 Å². The van der Waals surface area contributed by atoms with E-state index in [9.17, 15) is 14.4 Å². The van der Waals surface area contributed by atoms with Crippen LogP contribution in [0.4, 0.5) is 5.69 Å². The molecule has 2 bridgehead atoms. The van der Waals surface area contributed by atoms with E-state index < -0.39 is 5.97 Å². The number of benzene rings is 1. The molecule has 1 heterocycles. The van der Waals surface area contributed by atoms with Crippen LogP contribution in [0.2, 0.25) is 0 Å². The first-order valence-corrected chi connectivity index (χ1v) is 11.1. The molecule has 0 N–H and O–H groups in total. The number of imide groups is 1. The summed E-state index contributed by atoms with van der Waals surface area (Å²) in [4.78, 5) is 39.8. The van der Waals surface area contributed by atoms with Gasteiger partial charge in [-0.1, -0.05) is 45.7 Å². The zero-order valence-electron chi connectivity index (χ0n) is 15.1. The lowest BCUT2D eigenvalue weighted by Gasteiger charge is -2.28. The third kappa shape index (κ3) is 2.97. The van der Waals surface area contributed by atoms with Gasteiger partial charge >= 0.3 is 5.97 Å². The molecule has 3 fully saturated rings. The van der Waals surface area contributed by atoms with Crippen molar-refractivity contribution >= 4 is 55.3 Å². The first kappa shape index (κ1) is 19.1. The number of hydrogen-bond acceptors (Lipinski definition) is 4. The Hall–Kier alpha value is -1.21. The lowest BCUT2D eigenvalue weighted by molar-refractivity contribution is -0.123. The topological polar surface area (TPSA) is 63.7 Å². The molecule has 0 spiro atoms. The number of amides is 2. The minimum atomic E-state index is -0.395. The Morgan fingerprint density at radius 1 is 1.07 bits per heavy atom. The SMILES string of the molecule is CC(C)COC(=O)c1ccc(N2C(=O)[C@@H]3[C@H]4C[C@H]([C@H](Br)[C@@H]4Br)[C@@H]3C2=O)cc1. The zero-order valence-corrected chi connectivity index (χ0v) is 18.3. The second-order valence-electron chi connectivity index (χ2n) is 8.05. The van der Waals surface area contributed by atoms with E-state index in [4.69, 9.17) is 4.74 Å². The molecule has 7 heteroatoms. The first-order chi connectivity index (χ1) is 12.8. The maximum absolute atomic E-state index is 13.0. The molecule has 1 aliphatic heterocycles. The molecule has 2 aliphatic carbocycles. The Bertz CT molecular complexity index is 762. The van der Waals surface area contributed by atoms with Gasteiger partial charge in [0.2, 0.25) is 11.8 Å². The molecule has 4 rings (SSSR count). The van der Waals surface area contributed by atoms with E-state index >= 15 is 0 Å². The third-order valence-corrected chi connectivity index (χ3v) is 9.10. The van der Waals surface area contributed by atoms with Crippen molar-refractivity contribution in [3.05, 3.63) is 29.8 Å². The number of rotatable bonds is 4. The van der Waals surface area contributed by atoms with Gasteiger partial charge in [-0.2, -0.15) is 0 Å². The Morgan fingerprint density at radius 3 is 2.07 bits per heavy atom. The van der Waals surface area contributed by atoms with Crippen LogP contribution in [0.5, 0.6) is 0 Å². The molecule has 0 radical (unpaired) electrons. The molecule has 0 aromatic heterocycles. The standard InChI is InChI=1S/C20H21Br2NO4/c1-9(2)8-27-20(26)10-3-5-11(6-4-10)23-18(24)14-12-7-13(15(14)19(23)25)17(22)16(12)21/h3-6,9,12-17H,7-8H2,1-2H3/t12-,13+,14-,15+,16-,17+. The van der Waals surface area contributed by atoms with E-state index in [0.717, 1.165) is 6.42 Å². The summed E-state index contributed by atoms with van der Waals surface area (Å²) in [5.74, 6) is -0.458. The van der Waals surface area contributed by atoms with Crippen molar-refractivity contribution in [3.63, 3.8) is 0 Å². The van der Waals surface area contributed by atoms with Crippen molar-refractivity contribution in [2.75, 3.05) is 11.5 Å². The summed E-state index contributed by atoms with van der Waals surface area (Å²) in [5.41, 5.74) is 0.941. The predicted molar refractivity (Wildman–Crippen MR) is 108 cm³/mol. The molecule has 1 aromatic rings. The summed E-state index contributed by atoms with van der Waals surface area (Å²) in [6.07, 6.45) is 0.910. The average Bonchev–Trinajstić information content (AvgIpc) is 3.25. The van der Waals surface area contributed by atoms with Gasteiger partial charge < -0.3 is 4.74 Å². The predicted octanol–water partition coefficient (Wildman–Crippen LogP) is 3.78. The van der Waals surface area contributed by atoms with E-state index in [2.05, 4.69) is 31.9 Å². The van der Waals surface area contributed by atoms with Crippen LogP contribution in [0.25, 0.3) is 0 Å². The molecule has 0 unspecified atom stereocenters. The lowest BCUT2D eigenvalue weighted by Crippen LogP contribution is -2.37. The van der Waals surface area contributed by atoms with Gasteiger partial charge in [0.1, 0.15) is 0 Å². The maximum Gasteiger partial charge on any atom is 0.338 e. The lowest BCUT2D eigenvalue weighted by atomic mass is 9.81.